The van der Waals surface area contributed by atoms with Gasteiger partial charge in [-0.2, -0.15) is 0 Å². The third-order valence-corrected chi connectivity index (χ3v) is 9.99. The lowest BCUT2D eigenvalue weighted by Gasteiger charge is -2.10. The molecule has 0 N–H and O–H groups in total. The molecule has 0 bridgehead atoms. The number of fused-ring (bicyclic) bond motifs is 4. The van der Waals surface area contributed by atoms with E-state index < -0.39 is 0 Å². The van der Waals surface area contributed by atoms with E-state index in [2.05, 4.69) is 51.3 Å². The van der Waals surface area contributed by atoms with Crippen LogP contribution in [0, 0.1) is 11.8 Å². The Kier molecular flexibility index (Phi) is 11.8. The highest BCUT2D eigenvalue weighted by Gasteiger charge is 2.18. The van der Waals surface area contributed by atoms with Crippen molar-refractivity contribution in [2.45, 2.75) is 65.5 Å². The third-order valence-electron chi connectivity index (χ3n) is 9.50. The van der Waals surface area contributed by atoms with Gasteiger partial charge < -0.3 is 0 Å². The van der Waals surface area contributed by atoms with Gasteiger partial charge in [0.05, 0.1) is 33.2 Å². The number of hydrogen-bond donors (Lipinski definition) is 0. The van der Waals surface area contributed by atoms with E-state index in [9.17, 15) is 9.59 Å². The smallest absolute Gasteiger partial charge is 0.261 e. The third kappa shape index (κ3) is 9.02. The van der Waals surface area contributed by atoms with Gasteiger partial charge in [0, 0.05) is 42.8 Å². The second-order valence-corrected chi connectivity index (χ2v) is 14.2. The monoisotopic (exact) mass is 742 g/mol. The summed E-state index contributed by atoms with van der Waals surface area (Å²) in [7, 11) is 0. The molecule has 0 spiro atoms. The molecule has 9 heteroatoms. The lowest BCUT2D eigenvalue weighted by Crippen LogP contribution is -2.24. The van der Waals surface area contributed by atoms with Crippen molar-refractivity contribution in [2.75, 3.05) is 0 Å². The average Bonchev–Trinajstić information content (AvgIpc) is 3.47. The maximum Gasteiger partial charge on any atom is 0.261 e. The summed E-state index contributed by atoms with van der Waals surface area (Å²) < 4.78 is 4.70. The van der Waals surface area contributed by atoms with E-state index in [1.807, 2.05) is 94.1 Å². The second kappa shape index (κ2) is 16.8. The lowest BCUT2D eigenvalue weighted by atomic mass is 10.0. The first-order chi connectivity index (χ1) is 24.8. The Morgan fingerprint density at radius 2 is 1.24 bits per heavy atom. The Hall–Kier alpha value is -5.02. The highest BCUT2D eigenvalue weighted by Crippen LogP contribution is 2.22. The summed E-state index contributed by atoms with van der Waals surface area (Å²) in [6, 6.07) is 23.1. The Morgan fingerprint density at radius 3 is 1.76 bits per heavy atom. The summed E-state index contributed by atoms with van der Waals surface area (Å²) in [4.78, 5) is 43.0. The molecule has 8 nitrogen and oxygen atoms in total. The normalized spacial score (nSPS) is 16.8. The van der Waals surface area contributed by atoms with Crippen molar-refractivity contribution < 1.29 is 0 Å². The van der Waals surface area contributed by atoms with E-state index in [0.29, 0.717) is 17.2 Å². The molecule has 2 aliphatic heterocycles. The topological polar surface area (TPSA) is 95.6 Å². The summed E-state index contributed by atoms with van der Waals surface area (Å²) in [6.45, 7) is 9.64. The second-order valence-electron chi connectivity index (χ2n) is 13.3. The molecule has 2 atom stereocenters. The zero-order valence-electron chi connectivity index (χ0n) is 29.2. The lowest BCUT2D eigenvalue weighted by molar-refractivity contribution is 0.484. The van der Waals surface area contributed by atoms with Crippen LogP contribution in [0.4, 0.5) is 0 Å². The number of halogens is 1. The van der Waals surface area contributed by atoms with E-state index in [1.165, 1.54) is 0 Å². The summed E-state index contributed by atoms with van der Waals surface area (Å²) in [5.74, 6) is 3.17. The van der Waals surface area contributed by atoms with Crippen LogP contribution in [-0.4, -0.2) is 29.1 Å². The van der Waals surface area contributed by atoms with Crippen LogP contribution in [0.25, 0.3) is 40.0 Å². The molecule has 260 valence electrons. The fraction of sp³-hybridized carbons (Fsp3) is 0.286. The fourth-order valence-electron chi connectivity index (χ4n) is 6.36. The number of pyridine rings is 2. The van der Waals surface area contributed by atoms with Crippen LogP contribution >= 0.6 is 15.9 Å². The van der Waals surface area contributed by atoms with Crippen molar-refractivity contribution in [2.24, 2.45) is 11.8 Å². The van der Waals surface area contributed by atoms with E-state index in [1.54, 1.807) is 18.5 Å². The van der Waals surface area contributed by atoms with Crippen LogP contribution in [0.5, 0.6) is 0 Å². The van der Waals surface area contributed by atoms with Crippen molar-refractivity contribution >= 4 is 56.0 Å². The van der Waals surface area contributed by atoms with Gasteiger partial charge in [-0.3, -0.25) is 28.7 Å². The van der Waals surface area contributed by atoms with Crippen LogP contribution in [0.2, 0.25) is 0 Å². The molecule has 0 aliphatic carbocycles. The van der Waals surface area contributed by atoms with Crippen LogP contribution in [0.1, 0.15) is 68.1 Å². The number of hydrogen-bond acceptors (Lipinski definition) is 6. The van der Waals surface area contributed by atoms with Gasteiger partial charge in [-0.05, 0) is 110 Å². The summed E-state index contributed by atoms with van der Waals surface area (Å²) in [5, 5.41) is 1.42. The molecule has 0 saturated heterocycles. The van der Waals surface area contributed by atoms with Crippen LogP contribution in [0.15, 0.2) is 106 Å². The average molecular weight is 744 g/mol. The molecule has 2 aliphatic rings. The maximum absolute atomic E-state index is 12.8. The largest absolute Gasteiger partial charge is 0.296 e. The minimum atomic E-state index is 0.0920. The molecule has 2 unspecified atom stereocenters. The molecule has 0 saturated carbocycles. The number of benzene rings is 2. The van der Waals surface area contributed by atoms with E-state index in [0.717, 1.165) is 101 Å². The summed E-state index contributed by atoms with van der Waals surface area (Å²) in [6.07, 6.45) is 15.3. The molecule has 2 aromatic carbocycles. The highest BCUT2D eigenvalue weighted by molar-refractivity contribution is 9.10. The van der Waals surface area contributed by atoms with Gasteiger partial charge in [0.1, 0.15) is 11.6 Å². The zero-order valence-corrected chi connectivity index (χ0v) is 30.8. The number of aromatic nitrogens is 6. The Bertz CT molecular complexity index is 2280. The standard InChI is InChI=1S/C21H21N3O.C14H15BrN2O.C7H7N/c1-15-5-10-20-23-19-14-16(6-8-17-4-2-3-12-22-17)7-9-18(19)21(25)24(20)13-11-15;1-9-2-5-13-16-12-8-10(15)3-4-11(12)14(18)17(13)7-6-9;1-2-7-5-3-4-6-8-7/h2-4,6-9,12,14-15H,5,10-11,13H2,1H3;3-4,8-9H,2,5-7H2,1H3;2-6H,1H2/b8-6+;;. The predicted octanol–water partition coefficient (Wildman–Crippen LogP) is 8.79. The summed E-state index contributed by atoms with van der Waals surface area (Å²) in [5.41, 5.74) is 4.64. The van der Waals surface area contributed by atoms with Gasteiger partial charge >= 0.3 is 0 Å². The first kappa shape index (κ1) is 35.8. The molecule has 6 heterocycles. The first-order valence-corrected chi connectivity index (χ1v) is 18.4. The molecule has 0 amide bonds. The van der Waals surface area contributed by atoms with Crippen LogP contribution in [-0.2, 0) is 25.9 Å². The minimum absolute atomic E-state index is 0.0920. The van der Waals surface area contributed by atoms with E-state index in [-0.39, 0.29) is 11.1 Å². The van der Waals surface area contributed by atoms with Gasteiger partial charge in [0.25, 0.3) is 11.1 Å². The van der Waals surface area contributed by atoms with Crippen molar-refractivity contribution in [3.63, 3.8) is 0 Å². The molecule has 6 aromatic rings. The highest BCUT2D eigenvalue weighted by atomic mass is 79.9. The minimum Gasteiger partial charge on any atom is -0.296 e. The van der Waals surface area contributed by atoms with Gasteiger partial charge in [-0.1, -0.05) is 60.6 Å². The van der Waals surface area contributed by atoms with Gasteiger partial charge in [0.2, 0.25) is 0 Å². The van der Waals surface area contributed by atoms with Gasteiger partial charge in [0.15, 0.2) is 0 Å². The van der Waals surface area contributed by atoms with Crippen LogP contribution in [0.3, 0.4) is 0 Å². The predicted molar refractivity (Wildman–Crippen MR) is 211 cm³/mol. The summed E-state index contributed by atoms with van der Waals surface area (Å²) >= 11 is 3.43. The Morgan fingerprint density at radius 1 is 0.686 bits per heavy atom. The SMILES string of the molecule is C=Cc1ccccn1.CC1CCc2nc3cc(/C=C/c4ccccn4)ccc3c(=O)n2CC1.CC1CCc2nc3cc(Br)ccc3c(=O)n2CC1. The van der Waals surface area contributed by atoms with Crippen LogP contribution < -0.4 is 11.1 Å². The molecular formula is C42H43BrN6O2. The Balaban J connectivity index is 0.000000150. The maximum atomic E-state index is 12.8. The van der Waals surface area contributed by atoms with Crippen molar-refractivity contribution in [3.05, 3.63) is 146 Å². The van der Waals surface area contributed by atoms with Gasteiger partial charge in [-0.25, -0.2) is 9.97 Å². The number of rotatable bonds is 3. The molecule has 51 heavy (non-hydrogen) atoms. The first-order valence-electron chi connectivity index (χ1n) is 17.6. The van der Waals surface area contributed by atoms with Crippen molar-refractivity contribution in [1.82, 2.24) is 29.1 Å². The van der Waals surface area contributed by atoms with E-state index in [4.69, 9.17) is 4.98 Å². The van der Waals surface area contributed by atoms with Crippen molar-refractivity contribution in [1.29, 1.82) is 0 Å². The van der Waals surface area contributed by atoms with Gasteiger partial charge in [-0.15, -0.1) is 0 Å². The molecular weight excluding hydrogens is 700 g/mol. The number of aryl methyl sites for hydroxylation is 2. The zero-order chi connectivity index (χ0) is 35.7. The molecule has 0 fully saturated rings. The van der Waals surface area contributed by atoms with E-state index >= 15 is 0 Å². The molecule has 0 radical (unpaired) electrons. The molecule has 8 rings (SSSR count). The van der Waals surface area contributed by atoms with Crippen molar-refractivity contribution in [3.8, 4) is 0 Å². The fourth-order valence-corrected chi connectivity index (χ4v) is 6.71. The Labute approximate surface area is 306 Å². The number of nitrogens with zero attached hydrogens (tertiary/aromatic N) is 6. The molecule has 4 aromatic heterocycles. The quantitative estimate of drug-likeness (QED) is 0.180.